The van der Waals surface area contributed by atoms with E-state index in [9.17, 15) is 9.59 Å². The van der Waals surface area contributed by atoms with Crippen LogP contribution < -0.4 is 0 Å². The molecule has 1 aromatic carbocycles. The van der Waals surface area contributed by atoms with Gasteiger partial charge in [0.15, 0.2) is 5.78 Å². The highest BCUT2D eigenvalue weighted by Gasteiger charge is 2.07. The Kier molecular flexibility index (Phi) is 6.78. The Morgan fingerprint density at radius 1 is 0.947 bits per heavy atom. The van der Waals surface area contributed by atoms with Crippen molar-refractivity contribution in [1.82, 2.24) is 0 Å². The largest absolute Gasteiger partial charge is 0.460 e. The summed E-state index contributed by atoms with van der Waals surface area (Å²) >= 11 is 0. The lowest BCUT2D eigenvalue weighted by Gasteiger charge is -2.06. The van der Waals surface area contributed by atoms with E-state index >= 15 is 0 Å². The maximum atomic E-state index is 11.6. The molecule has 1 rings (SSSR count). The van der Waals surface area contributed by atoms with Crippen molar-refractivity contribution in [1.29, 1.82) is 0 Å². The van der Waals surface area contributed by atoms with Crippen LogP contribution in [0.4, 0.5) is 0 Å². The molecule has 0 spiro atoms. The maximum Gasteiger partial charge on any atom is 0.338 e. The molecule has 0 aliphatic rings. The van der Waals surface area contributed by atoms with Gasteiger partial charge >= 0.3 is 5.97 Å². The number of ether oxygens (including phenoxy) is 3. The molecule has 1 aromatic rings. The molecule has 0 saturated heterocycles. The summed E-state index contributed by atoms with van der Waals surface area (Å²) in [5.74, 6) is -0.461. The minimum Gasteiger partial charge on any atom is -0.460 e. The predicted molar refractivity (Wildman–Crippen MR) is 69.4 cm³/mol. The molecule has 0 aliphatic heterocycles. The van der Waals surface area contributed by atoms with Gasteiger partial charge in [-0.25, -0.2) is 4.79 Å². The maximum absolute atomic E-state index is 11.6. The lowest BCUT2D eigenvalue weighted by molar-refractivity contribution is 0.0213. The van der Waals surface area contributed by atoms with Gasteiger partial charge in [0.1, 0.15) is 6.61 Å². The van der Waals surface area contributed by atoms with Crippen LogP contribution in [0.2, 0.25) is 0 Å². The summed E-state index contributed by atoms with van der Waals surface area (Å²) < 4.78 is 15.0. The molecular formula is C14H18O5. The van der Waals surface area contributed by atoms with E-state index < -0.39 is 5.97 Å². The number of benzene rings is 1. The Morgan fingerprint density at radius 3 is 2.11 bits per heavy atom. The van der Waals surface area contributed by atoms with Gasteiger partial charge in [-0.1, -0.05) is 12.1 Å². The molecule has 0 fully saturated rings. The van der Waals surface area contributed by atoms with Crippen LogP contribution in [0.25, 0.3) is 0 Å². The normalized spacial score (nSPS) is 10.2. The van der Waals surface area contributed by atoms with Gasteiger partial charge in [-0.3, -0.25) is 4.79 Å². The third-order valence-electron chi connectivity index (χ3n) is 2.42. The highest BCUT2D eigenvalue weighted by Crippen LogP contribution is 2.06. The number of carbonyl (C=O) groups excluding carboxylic acids is 2. The molecule has 0 aliphatic carbocycles. The van der Waals surface area contributed by atoms with Crippen molar-refractivity contribution in [3.63, 3.8) is 0 Å². The summed E-state index contributed by atoms with van der Waals surface area (Å²) in [5.41, 5.74) is 0.987. The topological polar surface area (TPSA) is 61.8 Å². The zero-order chi connectivity index (χ0) is 14.1. The second-order valence-electron chi connectivity index (χ2n) is 3.87. The first-order valence-corrected chi connectivity index (χ1v) is 6.00. The lowest BCUT2D eigenvalue weighted by Crippen LogP contribution is -2.12. The van der Waals surface area contributed by atoms with Crippen LogP contribution in [0.3, 0.4) is 0 Å². The standard InChI is InChI=1S/C14H18O5/c1-11(15)12-3-5-13(6-4-12)14(16)19-10-9-18-8-7-17-2/h3-6H,7-10H2,1-2H3. The molecule has 0 amide bonds. The molecule has 0 bridgehead atoms. The van der Waals surface area contributed by atoms with Crippen molar-refractivity contribution in [3.05, 3.63) is 35.4 Å². The number of carbonyl (C=O) groups is 2. The molecule has 0 aromatic heterocycles. The van der Waals surface area contributed by atoms with Crippen molar-refractivity contribution < 1.29 is 23.8 Å². The molecular weight excluding hydrogens is 248 g/mol. The third kappa shape index (κ3) is 5.63. The van der Waals surface area contributed by atoms with Gasteiger partial charge < -0.3 is 14.2 Å². The fourth-order valence-electron chi connectivity index (χ4n) is 1.36. The molecule has 0 unspecified atom stereocenters. The number of rotatable bonds is 8. The van der Waals surface area contributed by atoms with Crippen LogP contribution >= 0.6 is 0 Å². The van der Waals surface area contributed by atoms with Crippen LogP contribution in [-0.4, -0.2) is 45.3 Å². The summed E-state index contributed by atoms with van der Waals surface area (Å²) in [7, 11) is 1.59. The monoisotopic (exact) mass is 266 g/mol. The zero-order valence-corrected chi connectivity index (χ0v) is 11.2. The fourth-order valence-corrected chi connectivity index (χ4v) is 1.36. The second-order valence-corrected chi connectivity index (χ2v) is 3.87. The third-order valence-corrected chi connectivity index (χ3v) is 2.42. The number of Topliss-reactive ketones (excluding diaryl/α,β-unsaturated/α-hetero) is 1. The van der Waals surface area contributed by atoms with Gasteiger partial charge in [0.25, 0.3) is 0 Å². The van der Waals surface area contributed by atoms with E-state index in [2.05, 4.69) is 0 Å². The first-order valence-electron chi connectivity index (χ1n) is 6.00. The molecule has 0 heterocycles. The summed E-state index contributed by atoms with van der Waals surface area (Å²) in [6, 6.07) is 6.36. The summed E-state index contributed by atoms with van der Waals surface area (Å²) in [5, 5.41) is 0. The van der Waals surface area contributed by atoms with E-state index in [1.54, 1.807) is 31.4 Å². The highest BCUT2D eigenvalue weighted by molar-refractivity contribution is 5.96. The second kappa shape index (κ2) is 8.39. The number of esters is 1. The van der Waals surface area contributed by atoms with Crippen LogP contribution in [0.1, 0.15) is 27.6 Å². The van der Waals surface area contributed by atoms with Crippen LogP contribution in [-0.2, 0) is 14.2 Å². The smallest absolute Gasteiger partial charge is 0.338 e. The molecule has 5 nitrogen and oxygen atoms in total. The Hall–Kier alpha value is -1.72. The molecule has 0 atom stereocenters. The van der Waals surface area contributed by atoms with Crippen molar-refractivity contribution in [2.24, 2.45) is 0 Å². The average molecular weight is 266 g/mol. The summed E-state index contributed by atoms with van der Waals surface area (Å²) in [4.78, 5) is 22.7. The van der Waals surface area contributed by atoms with Gasteiger partial charge in [-0.15, -0.1) is 0 Å². The van der Waals surface area contributed by atoms with Gasteiger partial charge in [0.05, 0.1) is 25.4 Å². The molecule has 0 radical (unpaired) electrons. The van der Waals surface area contributed by atoms with Gasteiger partial charge in [-0.05, 0) is 19.1 Å². The van der Waals surface area contributed by atoms with E-state index in [4.69, 9.17) is 14.2 Å². The fraction of sp³-hybridized carbons (Fsp3) is 0.429. The molecule has 19 heavy (non-hydrogen) atoms. The van der Waals surface area contributed by atoms with E-state index in [1.807, 2.05) is 0 Å². The van der Waals surface area contributed by atoms with E-state index in [1.165, 1.54) is 6.92 Å². The highest BCUT2D eigenvalue weighted by atomic mass is 16.6. The first-order chi connectivity index (χ1) is 9.15. The Bertz CT molecular complexity index is 410. The Labute approximate surface area is 112 Å². The van der Waals surface area contributed by atoms with E-state index in [-0.39, 0.29) is 12.4 Å². The Balaban J connectivity index is 2.31. The van der Waals surface area contributed by atoms with Crippen molar-refractivity contribution in [2.75, 3.05) is 33.5 Å². The molecule has 0 N–H and O–H groups in total. The number of methoxy groups -OCH3 is 1. The predicted octanol–water partition coefficient (Wildman–Crippen LogP) is 1.71. The lowest BCUT2D eigenvalue weighted by atomic mass is 10.1. The van der Waals surface area contributed by atoms with Gasteiger partial charge in [0.2, 0.25) is 0 Å². The minimum atomic E-state index is -0.426. The Morgan fingerprint density at radius 2 is 1.53 bits per heavy atom. The molecule has 104 valence electrons. The number of hydrogen-bond acceptors (Lipinski definition) is 5. The van der Waals surface area contributed by atoms with Crippen LogP contribution in [0.5, 0.6) is 0 Å². The van der Waals surface area contributed by atoms with Crippen molar-refractivity contribution in [3.8, 4) is 0 Å². The zero-order valence-electron chi connectivity index (χ0n) is 11.2. The van der Waals surface area contributed by atoms with Gasteiger partial charge in [-0.2, -0.15) is 0 Å². The van der Waals surface area contributed by atoms with E-state index in [0.717, 1.165) is 0 Å². The quantitative estimate of drug-likeness (QED) is 0.407. The van der Waals surface area contributed by atoms with Crippen molar-refractivity contribution >= 4 is 11.8 Å². The molecule has 5 heteroatoms. The van der Waals surface area contributed by atoms with Crippen LogP contribution in [0, 0.1) is 0 Å². The average Bonchev–Trinajstić information content (AvgIpc) is 2.42. The first kappa shape index (κ1) is 15.3. The summed E-state index contributed by atoms with van der Waals surface area (Å²) in [6.45, 7) is 2.99. The SMILES string of the molecule is COCCOCCOC(=O)c1ccc(C(C)=O)cc1. The number of hydrogen-bond donors (Lipinski definition) is 0. The molecule has 0 saturated carbocycles. The van der Waals surface area contributed by atoms with Gasteiger partial charge in [0, 0.05) is 12.7 Å². The minimum absolute atomic E-state index is 0.0357. The van der Waals surface area contributed by atoms with Crippen LogP contribution in [0.15, 0.2) is 24.3 Å². The summed E-state index contributed by atoms with van der Waals surface area (Å²) in [6.07, 6.45) is 0. The van der Waals surface area contributed by atoms with Crippen molar-refractivity contribution in [2.45, 2.75) is 6.92 Å². The van der Waals surface area contributed by atoms with E-state index in [0.29, 0.717) is 30.9 Å². The number of ketones is 1.